The Morgan fingerprint density at radius 1 is 1.21 bits per heavy atom. The van der Waals surface area contributed by atoms with Crippen molar-refractivity contribution in [2.75, 3.05) is 6.54 Å². The second-order valence-corrected chi connectivity index (χ2v) is 5.40. The van der Waals surface area contributed by atoms with E-state index < -0.39 is 0 Å². The minimum absolute atomic E-state index is 0.138. The Morgan fingerprint density at radius 3 is 2.88 bits per heavy atom. The molecule has 0 radical (unpaired) electrons. The number of amides is 1. The third-order valence-electron chi connectivity index (χ3n) is 3.69. The lowest BCUT2D eigenvalue weighted by atomic mass is 10.0. The molecule has 3 N–H and O–H groups in total. The van der Waals surface area contributed by atoms with Crippen LogP contribution < -0.4 is 11.1 Å². The lowest BCUT2D eigenvalue weighted by Crippen LogP contribution is -2.37. The van der Waals surface area contributed by atoms with Crippen molar-refractivity contribution in [1.82, 2.24) is 14.9 Å². The Bertz CT molecular complexity index is 849. The highest BCUT2D eigenvalue weighted by Gasteiger charge is 2.10. The van der Waals surface area contributed by atoms with Gasteiger partial charge in [-0.25, -0.2) is 4.98 Å². The maximum atomic E-state index is 12.4. The number of hydrogen-bond acceptors (Lipinski definition) is 3. The smallest absolute Gasteiger partial charge is 0.258 e. The summed E-state index contributed by atoms with van der Waals surface area (Å²) in [5.41, 5.74) is 6.40. The molecule has 1 heterocycles. The second-order valence-electron chi connectivity index (χ2n) is 5.40. The van der Waals surface area contributed by atoms with Crippen LogP contribution in [0.4, 0.5) is 0 Å². The van der Waals surface area contributed by atoms with Crippen LogP contribution in [0.3, 0.4) is 0 Å². The molecule has 1 amide bonds. The molecule has 0 aliphatic carbocycles. The number of carbonyl (C=O) groups excluding carboxylic acids is 1. The van der Waals surface area contributed by atoms with Gasteiger partial charge in [0.25, 0.3) is 5.91 Å². The van der Waals surface area contributed by atoms with E-state index in [9.17, 15) is 4.79 Å². The fraction of sp³-hybridized carbons (Fsp3) is 0.167. The molecule has 6 heteroatoms. The monoisotopic (exact) mass is 321 g/mol. The maximum Gasteiger partial charge on any atom is 0.258 e. The molecular formula is C18H19N5O. The van der Waals surface area contributed by atoms with E-state index in [0.29, 0.717) is 12.1 Å². The molecule has 1 aromatic heterocycles. The number of hydrogen-bond donors (Lipinski definition) is 2. The number of aliphatic imine (C=N–C) groups is 1. The van der Waals surface area contributed by atoms with Gasteiger partial charge in [-0.3, -0.25) is 15.1 Å². The maximum absolute atomic E-state index is 12.4. The van der Waals surface area contributed by atoms with Crippen LogP contribution in [0.2, 0.25) is 0 Å². The van der Waals surface area contributed by atoms with Crippen molar-refractivity contribution in [3.05, 3.63) is 66.7 Å². The molecule has 122 valence electrons. The van der Waals surface area contributed by atoms with Crippen molar-refractivity contribution in [3.8, 4) is 0 Å². The number of fused-ring (bicyclic) bond motifs is 1. The third kappa shape index (κ3) is 3.78. The van der Waals surface area contributed by atoms with Gasteiger partial charge in [-0.1, -0.05) is 36.4 Å². The summed E-state index contributed by atoms with van der Waals surface area (Å²) in [5, 5.41) is 4.56. The van der Waals surface area contributed by atoms with Crippen molar-refractivity contribution < 1.29 is 4.79 Å². The molecule has 0 unspecified atom stereocenters. The van der Waals surface area contributed by atoms with Gasteiger partial charge < -0.3 is 10.3 Å². The van der Waals surface area contributed by atoms with Gasteiger partial charge in [0.2, 0.25) is 0 Å². The van der Waals surface area contributed by atoms with E-state index in [2.05, 4.69) is 15.3 Å². The van der Waals surface area contributed by atoms with Crippen LogP contribution in [-0.2, 0) is 6.54 Å². The van der Waals surface area contributed by atoms with Gasteiger partial charge in [-0.15, -0.1) is 0 Å². The Hall–Kier alpha value is -3.15. The van der Waals surface area contributed by atoms with Gasteiger partial charge in [0.1, 0.15) is 0 Å². The first kappa shape index (κ1) is 15.7. The first-order valence-corrected chi connectivity index (χ1v) is 7.79. The zero-order chi connectivity index (χ0) is 16.8. The van der Waals surface area contributed by atoms with Crippen LogP contribution in [0.5, 0.6) is 0 Å². The standard InChI is InChI=1S/C18H19N5O/c19-18(21-9-4-11-23-12-10-20-13-23)22-17(24)16-8-3-6-14-5-1-2-7-15(14)16/h1-3,5-8,10,12-13H,4,9,11H2,(H3,19,21,22,24). The molecule has 0 aliphatic rings. The minimum atomic E-state index is -0.248. The Balaban J connectivity index is 1.60. The third-order valence-corrected chi connectivity index (χ3v) is 3.69. The van der Waals surface area contributed by atoms with E-state index in [1.165, 1.54) is 0 Å². The molecule has 6 nitrogen and oxygen atoms in total. The number of nitrogens with one attached hydrogen (secondary N) is 1. The summed E-state index contributed by atoms with van der Waals surface area (Å²) in [4.78, 5) is 20.6. The molecule has 0 aliphatic heterocycles. The summed E-state index contributed by atoms with van der Waals surface area (Å²) < 4.78 is 1.97. The van der Waals surface area contributed by atoms with Crippen molar-refractivity contribution in [2.45, 2.75) is 13.0 Å². The van der Waals surface area contributed by atoms with Gasteiger partial charge in [0.05, 0.1) is 6.33 Å². The van der Waals surface area contributed by atoms with Crippen molar-refractivity contribution in [1.29, 1.82) is 0 Å². The van der Waals surface area contributed by atoms with Crippen molar-refractivity contribution in [3.63, 3.8) is 0 Å². The molecule has 24 heavy (non-hydrogen) atoms. The van der Waals surface area contributed by atoms with Gasteiger partial charge in [-0.2, -0.15) is 0 Å². The average Bonchev–Trinajstić information content (AvgIpc) is 3.11. The van der Waals surface area contributed by atoms with E-state index in [0.717, 1.165) is 23.7 Å². The quantitative estimate of drug-likeness (QED) is 0.429. The highest BCUT2D eigenvalue weighted by molar-refractivity contribution is 6.12. The van der Waals surface area contributed by atoms with Crippen LogP contribution in [-0.4, -0.2) is 28.0 Å². The number of imidazole rings is 1. The molecule has 2 aromatic carbocycles. The fourth-order valence-electron chi connectivity index (χ4n) is 2.52. The number of aryl methyl sites for hydroxylation is 1. The SMILES string of the molecule is NC(=NCCCn1ccnc1)NC(=O)c1cccc2ccccc12. The fourth-order valence-corrected chi connectivity index (χ4v) is 2.52. The number of carbonyl (C=O) groups is 1. The number of benzene rings is 2. The lowest BCUT2D eigenvalue weighted by Gasteiger charge is -2.07. The van der Waals surface area contributed by atoms with Crippen LogP contribution in [0.25, 0.3) is 10.8 Å². The lowest BCUT2D eigenvalue weighted by molar-refractivity contribution is 0.0978. The largest absolute Gasteiger partial charge is 0.370 e. The number of aromatic nitrogens is 2. The molecule has 0 saturated heterocycles. The number of guanidine groups is 1. The molecule has 0 fully saturated rings. The minimum Gasteiger partial charge on any atom is -0.370 e. The molecule has 0 saturated carbocycles. The second kappa shape index (κ2) is 7.41. The Morgan fingerprint density at radius 2 is 2.04 bits per heavy atom. The Labute approximate surface area is 140 Å². The molecule has 0 bridgehead atoms. The van der Waals surface area contributed by atoms with E-state index in [1.807, 2.05) is 47.2 Å². The molecule has 0 spiro atoms. The van der Waals surface area contributed by atoms with Crippen LogP contribution in [0.15, 0.2) is 66.2 Å². The van der Waals surface area contributed by atoms with E-state index in [1.54, 1.807) is 18.6 Å². The predicted molar refractivity (Wildman–Crippen MR) is 94.7 cm³/mol. The summed E-state index contributed by atoms with van der Waals surface area (Å²) in [6.07, 6.45) is 6.22. The molecule has 3 rings (SSSR count). The van der Waals surface area contributed by atoms with Crippen molar-refractivity contribution in [2.24, 2.45) is 10.7 Å². The summed E-state index contributed by atoms with van der Waals surface area (Å²) in [7, 11) is 0. The van der Waals surface area contributed by atoms with E-state index in [4.69, 9.17) is 5.73 Å². The van der Waals surface area contributed by atoms with Crippen LogP contribution >= 0.6 is 0 Å². The molecule has 3 aromatic rings. The average molecular weight is 321 g/mol. The summed E-state index contributed by atoms with van der Waals surface area (Å²) >= 11 is 0. The molecular weight excluding hydrogens is 302 g/mol. The first-order chi connectivity index (χ1) is 11.7. The highest BCUT2D eigenvalue weighted by atomic mass is 16.1. The van der Waals surface area contributed by atoms with Gasteiger partial charge >= 0.3 is 0 Å². The first-order valence-electron chi connectivity index (χ1n) is 7.79. The summed E-state index contributed by atoms with van der Waals surface area (Å²) in [6.45, 7) is 1.36. The van der Waals surface area contributed by atoms with Crippen molar-refractivity contribution >= 4 is 22.6 Å². The topological polar surface area (TPSA) is 85.3 Å². The zero-order valence-corrected chi connectivity index (χ0v) is 13.2. The number of rotatable bonds is 5. The van der Waals surface area contributed by atoms with Gasteiger partial charge in [0.15, 0.2) is 5.96 Å². The number of nitrogens with two attached hydrogens (primary N) is 1. The summed E-state index contributed by atoms with van der Waals surface area (Å²) in [6, 6.07) is 13.4. The van der Waals surface area contributed by atoms with E-state index >= 15 is 0 Å². The van der Waals surface area contributed by atoms with Crippen LogP contribution in [0, 0.1) is 0 Å². The normalized spacial score (nSPS) is 11.6. The summed E-state index contributed by atoms with van der Waals surface area (Å²) in [5.74, 6) is -0.110. The number of nitrogens with zero attached hydrogens (tertiary/aromatic N) is 3. The van der Waals surface area contributed by atoms with Crippen LogP contribution in [0.1, 0.15) is 16.8 Å². The Kier molecular flexibility index (Phi) is 4.86. The predicted octanol–water partition coefficient (Wildman–Crippen LogP) is 2.17. The highest BCUT2D eigenvalue weighted by Crippen LogP contribution is 2.18. The zero-order valence-electron chi connectivity index (χ0n) is 13.2. The van der Waals surface area contributed by atoms with Gasteiger partial charge in [-0.05, 0) is 23.3 Å². The molecule has 0 atom stereocenters. The van der Waals surface area contributed by atoms with E-state index in [-0.39, 0.29) is 11.9 Å². The van der Waals surface area contributed by atoms with Gasteiger partial charge in [0, 0.05) is 31.0 Å².